The lowest BCUT2D eigenvalue weighted by molar-refractivity contribution is -0.384. The van der Waals surface area contributed by atoms with Gasteiger partial charge in [-0.15, -0.1) is 0 Å². The molecule has 0 saturated heterocycles. The number of nitro groups is 1. The van der Waals surface area contributed by atoms with E-state index in [1.54, 1.807) is 19.2 Å². The monoisotopic (exact) mass is 252 g/mol. The molecule has 100 valence electrons. The van der Waals surface area contributed by atoms with Gasteiger partial charge in [0.25, 0.3) is 5.69 Å². The number of nitrogens with one attached hydrogen (secondary N) is 1. The van der Waals surface area contributed by atoms with Crippen molar-refractivity contribution in [2.75, 3.05) is 14.2 Å². The molecule has 1 unspecified atom stereocenters. The largest absolute Gasteiger partial charge is 0.496 e. The van der Waals surface area contributed by atoms with Gasteiger partial charge in [-0.05, 0) is 32.4 Å². The van der Waals surface area contributed by atoms with Crippen LogP contribution in [0.5, 0.6) is 5.75 Å². The van der Waals surface area contributed by atoms with E-state index in [2.05, 4.69) is 12.2 Å². The van der Waals surface area contributed by atoms with Crippen LogP contribution in [0.4, 0.5) is 5.69 Å². The van der Waals surface area contributed by atoms with E-state index in [0.717, 1.165) is 24.8 Å². The maximum Gasteiger partial charge on any atom is 0.269 e. The highest BCUT2D eigenvalue weighted by molar-refractivity contribution is 5.43. The smallest absolute Gasteiger partial charge is 0.269 e. The van der Waals surface area contributed by atoms with E-state index in [-0.39, 0.29) is 10.6 Å². The average Bonchev–Trinajstić information content (AvgIpc) is 2.39. The van der Waals surface area contributed by atoms with Crippen LogP contribution in [0.3, 0.4) is 0 Å². The Balaban J connectivity index is 2.84. The predicted octanol–water partition coefficient (Wildman–Crippen LogP) is 2.53. The highest BCUT2D eigenvalue weighted by atomic mass is 16.6. The summed E-state index contributed by atoms with van der Waals surface area (Å²) >= 11 is 0. The second-order valence-electron chi connectivity index (χ2n) is 4.19. The summed E-state index contributed by atoms with van der Waals surface area (Å²) in [5, 5.41) is 14.0. The van der Waals surface area contributed by atoms with E-state index in [0.29, 0.717) is 11.8 Å². The third-order valence-corrected chi connectivity index (χ3v) is 3.14. The van der Waals surface area contributed by atoms with Gasteiger partial charge < -0.3 is 10.1 Å². The Bertz CT molecular complexity index is 403. The summed E-state index contributed by atoms with van der Waals surface area (Å²) in [5.74, 6) is 0.714. The molecular weight excluding hydrogens is 232 g/mol. The molecule has 0 aromatic heterocycles. The van der Waals surface area contributed by atoms with Crippen molar-refractivity contribution in [2.45, 2.75) is 32.2 Å². The van der Waals surface area contributed by atoms with Gasteiger partial charge >= 0.3 is 0 Å². The van der Waals surface area contributed by atoms with Crippen molar-refractivity contribution in [1.82, 2.24) is 5.32 Å². The first-order valence-corrected chi connectivity index (χ1v) is 6.10. The standard InChI is InChI=1S/C13H20N2O3/c1-4-11(14-2)6-5-10-9-12(15(16)17)7-8-13(10)18-3/h7-9,11,14H,4-6H2,1-3H3. The summed E-state index contributed by atoms with van der Waals surface area (Å²) in [6.07, 6.45) is 2.74. The van der Waals surface area contributed by atoms with Crippen LogP contribution in [0.15, 0.2) is 18.2 Å². The number of nitrogens with zero attached hydrogens (tertiary/aromatic N) is 1. The number of benzene rings is 1. The summed E-state index contributed by atoms with van der Waals surface area (Å²) < 4.78 is 5.24. The SMILES string of the molecule is CCC(CCc1cc([N+](=O)[O-])ccc1OC)NC. The van der Waals surface area contributed by atoms with Crippen molar-refractivity contribution in [3.63, 3.8) is 0 Å². The van der Waals surface area contributed by atoms with Crippen LogP contribution >= 0.6 is 0 Å². The Hall–Kier alpha value is -1.62. The second-order valence-corrected chi connectivity index (χ2v) is 4.19. The molecule has 5 nitrogen and oxygen atoms in total. The number of nitro benzene ring substituents is 1. The van der Waals surface area contributed by atoms with Gasteiger partial charge in [-0.2, -0.15) is 0 Å². The molecule has 0 bridgehead atoms. The Labute approximate surface area is 107 Å². The van der Waals surface area contributed by atoms with Crippen LogP contribution in [-0.4, -0.2) is 25.1 Å². The Morgan fingerprint density at radius 1 is 1.50 bits per heavy atom. The quantitative estimate of drug-likeness (QED) is 0.598. The zero-order chi connectivity index (χ0) is 13.5. The molecule has 0 aliphatic carbocycles. The zero-order valence-electron chi connectivity index (χ0n) is 11.1. The molecule has 5 heteroatoms. The van der Waals surface area contributed by atoms with Gasteiger partial charge in [0.1, 0.15) is 5.75 Å². The van der Waals surface area contributed by atoms with Crippen LogP contribution in [0.25, 0.3) is 0 Å². The fraction of sp³-hybridized carbons (Fsp3) is 0.538. The number of methoxy groups -OCH3 is 1. The van der Waals surface area contributed by atoms with Gasteiger partial charge in [-0.25, -0.2) is 0 Å². The van der Waals surface area contributed by atoms with E-state index in [4.69, 9.17) is 4.74 Å². The summed E-state index contributed by atoms with van der Waals surface area (Å²) in [4.78, 5) is 10.4. The van der Waals surface area contributed by atoms with Crippen molar-refractivity contribution in [3.8, 4) is 5.75 Å². The van der Waals surface area contributed by atoms with Crippen LogP contribution in [0.2, 0.25) is 0 Å². The first-order chi connectivity index (χ1) is 8.62. The Morgan fingerprint density at radius 3 is 2.72 bits per heavy atom. The number of aryl methyl sites for hydroxylation is 1. The van der Waals surface area contributed by atoms with Crippen LogP contribution in [0.1, 0.15) is 25.3 Å². The maximum absolute atomic E-state index is 10.8. The van der Waals surface area contributed by atoms with E-state index >= 15 is 0 Å². The normalized spacial score (nSPS) is 12.2. The Kier molecular flexibility index (Phi) is 5.58. The number of hydrogen-bond donors (Lipinski definition) is 1. The first-order valence-electron chi connectivity index (χ1n) is 6.10. The van der Waals surface area contributed by atoms with Gasteiger partial charge in [-0.3, -0.25) is 10.1 Å². The van der Waals surface area contributed by atoms with E-state index < -0.39 is 0 Å². The lowest BCUT2D eigenvalue weighted by Crippen LogP contribution is -2.24. The number of ether oxygens (including phenoxy) is 1. The highest BCUT2D eigenvalue weighted by Crippen LogP contribution is 2.25. The van der Waals surface area contributed by atoms with Crippen LogP contribution in [0, 0.1) is 10.1 Å². The molecule has 0 radical (unpaired) electrons. The van der Waals surface area contributed by atoms with Gasteiger partial charge in [0.2, 0.25) is 0 Å². The lowest BCUT2D eigenvalue weighted by Gasteiger charge is -2.14. The molecule has 0 fully saturated rings. The molecule has 1 rings (SSSR count). The predicted molar refractivity (Wildman–Crippen MR) is 71.1 cm³/mol. The molecular formula is C13H20N2O3. The minimum atomic E-state index is -0.377. The topological polar surface area (TPSA) is 64.4 Å². The lowest BCUT2D eigenvalue weighted by atomic mass is 10.0. The van der Waals surface area contributed by atoms with Crippen molar-refractivity contribution >= 4 is 5.69 Å². The van der Waals surface area contributed by atoms with Gasteiger partial charge in [0, 0.05) is 23.7 Å². The first kappa shape index (κ1) is 14.4. The summed E-state index contributed by atoms with van der Waals surface area (Å²) in [5.41, 5.74) is 1.00. The van der Waals surface area contributed by atoms with Crippen molar-refractivity contribution in [1.29, 1.82) is 0 Å². The average molecular weight is 252 g/mol. The summed E-state index contributed by atoms with van der Waals surface area (Å²) in [6.45, 7) is 2.12. The summed E-state index contributed by atoms with van der Waals surface area (Å²) in [6, 6.07) is 5.15. The number of hydrogen-bond acceptors (Lipinski definition) is 4. The van der Waals surface area contributed by atoms with Crippen molar-refractivity contribution in [2.24, 2.45) is 0 Å². The molecule has 0 heterocycles. The van der Waals surface area contributed by atoms with E-state index in [1.165, 1.54) is 6.07 Å². The Morgan fingerprint density at radius 2 is 2.22 bits per heavy atom. The summed E-state index contributed by atoms with van der Waals surface area (Å²) in [7, 11) is 3.51. The van der Waals surface area contributed by atoms with Crippen LogP contribution in [-0.2, 0) is 6.42 Å². The fourth-order valence-electron chi connectivity index (χ4n) is 1.96. The molecule has 1 aromatic carbocycles. The van der Waals surface area contributed by atoms with Crippen molar-refractivity contribution in [3.05, 3.63) is 33.9 Å². The van der Waals surface area contributed by atoms with E-state index in [1.807, 2.05) is 7.05 Å². The minimum Gasteiger partial charge on any atom is -0.496 e. The molecule has 18 heavy (non-hydrogen) atoms. The molecule has 0 saturated carbocycles. The number of non-ortho nitro benzene ring substituents is 1. The zero-order valence-corrected chi connectivity index (χ0v) is 11.1. The van der Waals surface area contributed by atoms with Crippen LogP contribution < -0.4 is 10.1 Å². The molecule has 0 aliphatic heterocycles. The maximum atomic E-state index is 10.8. The molecule has 0 amide bonds. The van der Waals surface area contributed by atoms with E-state index in [9.17, 15) is 10.1 Å². The van der Waals surface area contributed by atoms with Gasteiger partial charge in [0.05, 0.1) is 12.0 Å². The third-order valence-electron chi connectivity index (χ3n) is 3.14. The fourth-order valence-corrected chi connectivity index (χ4v) is 1.96. The van der Waals surface area contributed by atoms with Crippen molar-refractivity contribution < 1.29 is 9.66 Å². The minimum absolute atomic E-state index is 0.114. The molecule has 0 aliphatic rings. The molecule has 0 spiro atoms. The molecule has 1 N–H and O–H groups in total. The van der Waals surface area contributed by atoms with Gasteiger partial charge in [-0.1, -0.05) is 6.92 Å². The third kappa shape index (κ3) is 3.70. The molecule has 1 atom stereocenters. The van der Waals surface area contributed by atoms with Gasteiger partial charge in [0.15, 0.2) is 0 Å². The second kappa shape index (κ2) is 6.96. The highest BCUT2D eigenvalue weighted by Gasteiger charge is 2.12. The number of rotatable bonds is 7. The molecule has 1 aromatic rings.